The summed E-state index contributed by atoms with van der Waals surface area (Å²) in [5.74, 6) is -7.03. The minimum atomic E-state index is -1.55. The monoisotopic (exact) mass is 464 g/mol. The molecule has 0 radical (unpaired) electrons. The number of para-hydroxylation sites is 2. The van der Waals surface area contributed by atoms with E-state index in [0.717, 1.165) is 0 Å². The van der Waals surface area contributed by atoms with Gasteiger partial charge in [-0.1, -0.05) is 36.4 Å². The molecule has 2 aromatic carbocycles. The first-order valence-corrected chi connectivity index (χ1v) is 10.3. The molecule has 4 rings (SSSR count). The molecule has 10 nitrogen and oxygen atoms in total. The van der Waals surface area contributed by atoms with Gasteiger partial charge in [-0.25, -0.2) is 4.79 Å². The van der Waals surface area contributed by atoms with Gasteiger partial charge in [0.05, 0.1) is 29.6 Å². The highest BCUT2D eigenvalue weighted by molar-refractivity contribution is 6.11. The largest absolute Gasteiger partial charge is 0.481 e. The molecule has 0 saturated heterocycles. The molecule has 2 unspecified atom stereocenters. The maximum atomic E-state index is 12.3. The zero-order valence-corrected chi connectivity index (χ0v) is 17.7. The quantitative estimate of drug-likeness (QED) is 0.293. The van der Waals surface area contributed by atoms with E-state index in [4.69, 9.17) is 0 Å². The fourth-order valence-corrected chi connectivity index (χ4v) is 4.38. The molecule has 0 saturated carbocycles. The van der Waals surface area contributed by atoms with E-state index in [1.54, 1.807) is 60.8 Å². The van der Waals surface area contributed by atoms with Crippen LogP contribution in [0.3, 0.4) is 0 Å². The smallest absolute Gasteiger partial charge is 0.327 e. The molecule has 4 aromatic rings. The molecule has 34 heavy (non-hydrogen) atoms. The lowest BCUT2D eigenvalue weighted by atomic mass is 9.99. The van der Waals surface area contributed by atoms with Crippen LogP contribution in [0.1, 0.15) is 30.5 Å². The second-order valence-corrected chi connectivity index (χ2v) is 7.81. The molecule has 0 amide bonds. The van der Waals surface area contributed by atoms with Gasteiger partial charge in [0.25, 0.3) is 0 Å². The molecule has 0 spiro atoms. The Morgan fingerprint density at radius 1 is 0.735 bits per heavy atom. The van der Waals surface area contributed by atoms with E-state index in [1.807, 2.05) is 0 Å². The highest BCUT2D eigenvalue weighted by Crippen LogP contribution is 2.41. The minimum absolute atomic E-state index is 0.0592. The van der Waals surface area contributed by atoms with Crippen molar-refractivity contribution in [3.63, 3.8) is 0 Å². The summed E-state index contributed by atoms with van der Waals surface area (Å²) in [5.41, 5.74) is 1.18. The van der Waals surface area contributed by atoms with Crippen LogP contribution in [0.5, 0.6) is 0 Å². The van der Waals surface area contributed by atoms with Gasteiger partial charge in [0.15, 0.2) is 0 Å². The van der Waals surface area contributed by atoms with E-state index in [2.05, 4.69) is 0 Å². The zero-order chi connectivity index (χ0) is 24.6. The van der Waals surface area contributed by atoms with E-state index < -0.39 is 48.7 Å². The molecule has 10 heteroatoms. The van der Waals surface area contributed by atoms with Crippen LogP contribution in [0.2, 0.25) is 0 Å². The van der Waals surface area contributed by atoms with Crippen LogP contribution in [-0.2, 0) is 19.2 Å². The minimum Gasteiger partial charge on any atom is -0.481 e. The Morgan fingerprint density at radius 2 is 1.35 bits per heavy atom. The van der Waals surface area contributed by atoms with Gasteiger partial charge in [0, 0.05) is 22.7 Å². The third-order valence-corrected chi connectivity index (χ3v) is 5.72. The molecular weight excluding hydrogens is 444 g/mol. The maximum Gasteiger partial charge on any atom is 0.327 e. The predicted molar refractivity (Wildman–Crippen MR) is 120 cm³/mol. The van der Waals surface area contributed by atoms with Gasteiger partial charge in [-0.15, -0.1) is 0 Å². The van der Waals surface area contributed by atoms with Gasteiger partial charge in [-0.2, -0.15) is 0 Å². The number of carbonyl (C=O) groups is 4. The summed E-state index contributed by atoms with van der Waals surface area (Å²) in [5, 5.41) is 39.8. The number of aliphatic carboxylic acids is 4. The average Bonchev–Trinajstić information content (AvgIpc) is 3.31. The Balaban J connectivity index is 2.19. The number of benzene rings is 2. The zero-order valence-electron chi connectivity index (χ0n) is 17.7. The molecule has 0 aliphatic rings. The Bertz CT molecular complexity index is 1430. The lowest BCUT2D eigenvalue weighted by Gasteiger charge is -2.20. The molecule has 2 atom stereocenters. The summed E-state index contributed by atoms with van der Waals surface area (Å²) < 4.78 is 2.84. The summed E-state index contributed by atoms with van der Waals surface area (Å²) in [6.07, 6.45) is 0.130. The first-order valence-electron chi connectivity index (χ1n) is 10.3. The molecular formula is C24H20N2O8. The van der Waals surface area contributed by atoms with Crippen molar-refractivity contribution in [2.75, 3.05) is 0 Å². The molecule has 2 aromatic heterocycles. The second kappa shape index (κ2) is 8.74. The van der Waals surface area contributed by atoms with Crippen LogP contribution in [-0.4, -0.2) is 53.4 Å². The third-order valence-electron chi connectivity index (χ3n) is 5.72. The van der Waals surface area contributed by atoms with Crippen LogP contribution in [0, 0.1) is 0 Å². The highest BCUT2D eigenvalue weighted by Gasteiger charge is 2.35. The fraction of sp³-hybridized carbons (Fsp3) is 0.167. The first kappa shape index (κ1) is 22.6. The van der Waals surface area contributed by atoms with Crippen molar-refractivity contribution in [2.24, 2.45) is 0 Å². The van der Waals surface area contributed by atoms with E-state index in [0.29, 0.717) is 22.0 Å². The number of carboxylic acids is 4. The Hall–Kier alpha value is -4.60. The van der Waals surface area contributed by atoms with Gasteiger partial charge in [0.1, 0.15) is 12.0 Å². The number of nitrogens with zero attached hydrogens (tertiary/aromatic N) is 2. The normalized spacial score (nSPS) is 13.1. The van der Waals surface area contributed by atoms with Crippen molar-refractivity contribution in [3.8, 4) is 5.69 Å². The summed E-state index contributed by atoms with van der Waals surface area (Å²) in [6.45, 7) is 0. The average molecular weight is 464 g/mol. The summed E-state index contributed by atoms with van der Waals surface area (Å²) in [4.78, 5) is 47.6. The third kappa shape index (κ3) is 3.85. The van der Waals surface area contributed by atoms with Crippen LogP contribution >= 0.6 is 0 Å². The number of fused-ring (bicyclic) bond motifs is 3. The van der Waals surface area contributed by atoms with Crippen LogP contribution in [0.4, 0.5) is 0 Å². The summed E-state index contributed by atoms with van der Waals surface area (Å²) >= 11 is 0. The van der Waals surface area contributed by atoms with Crippen LogP contribution in [0.25, 0.3) is 27.5 Å². The van der Waals surface area contributed by atoms with Crippen molar-refractivity contribution in [1.29, 1.82) is 0 Å². The molecule has 0 aliphatic heterocycles. The van der Waals surface area contributed by atoms with Crippen molar-refractivity contribution in [1.82, 2.24) is 9.13 Å². The first-order chi connectivity index (χ1) is 16.2. The molecule has 174 valence electrons. The molecule has 0 bridgehead atoms. The summed E-state index contributed by atoms with van der Waals surface area (Å²) in [6, 6.07) is 13.8. The van der Waals surface area contributed by atoms with E-state index >= 15 is 0 Å². The highest BCUT2D eigenvalue weighted by atomic mass is 16.4. The lowest BCUT2D eigenvalue weighted by molar-refractivity contribution is -0.147. The predicted octanol–water partition coefficient (Wildman–Crippen LogP) is 3.33. The molecule has 0 aliphatic carbocycles. The number of rotatable bonds is 9. The van der Waals surface area contributed by atoms with E-state index in [1.165, 1.54) is 9.13 Å². The lowest BCUT2D eigenvalue weighted by Crippen LogP contribution is -2.24. The molecule has 2 heterocycles. The molecule has 0 fully saturated rings. The fourth-order valence-electron chi connectivity index (χ4n) is 4.38. The Labute approximate surface area is 191 Å². The van der Waals surface area contributed by atoms with Gasteiger partial charge >= 0.3 is 23.9 Å². The van der Waals surface area contributed by atoms with Gasteiger partial charge in [-0.05, 0) is 18.2 Å². The Kier molecular flexibility index (Phi) is 5.80. The topological polar surface area (TPSA) is 159 Å². The van der Waals surface area contributed by atoms with Crippen molar-refractivity contribution < 1.29 is 39.6 Å². The Morgan fingerprint density at radius 3 is 1.94 bits per heavy atom. The maximum absolute atomic E-state index is 12.3. The van der Waals surface area contributed by atoms with E-state index in [-0.39, 0.29) is 11.2 Å². The SMILES string of the molecule is O=C(O)CC(C(=O)O)c1c2c(cn1-c1ccccc1)c1ccccc1n2C(CC(=O)O)C(=O)O. The molecule has 4 N–H and O–H groups in total. The van der Waals surface area contributed by atoms with Crippen molar-refractivity contribution in [2.45, 2.75) is 24.8 Å². The van der Waals surface area contributed by atoms with Gasteiger partial charge < -0.3 is 29.6 Å². The van der Waals surface area contributed by atoms with Crippen LogP contribution < -0.4 is 0 Å². The van der Waals surface area contributed by atoms with Gasteiger partial charge in [0.2, 0.25) is 0 Å². The standard InChI is InChI=1S/C24H20N2O8/c27-19(28)10-15(23(31)32)21-22-16(12-25(21)13-6-2-1-3-7-13)14-8-4-5-9-17(14)26(22)18(24(33)34)11-20(29)30/h1-9,12,15,18H,10-11H2,(H,27,28)(H,29,30)(H,31,32)(H,33,34). The van der Waals surface area contributed by atoms with Gasteiger partial charge in [-0.3, -0.25) is 14.4 Å². The number of aromatic nitrogens is 2. The number of hydrogen-bond acceptors (Lipinski definition) is 4. The van der Waals surface area contributed by atoms with Crippen molar-refractivity contribution >= 4 is 45.7 Å². The number of carboxylic acid groups (broad SMARTS) is 4. The second-order valence-electron chi connectivity index (χ2n) is 7.81. The summed E-state index contributed by atoms with van der Waals surface area (Å²) in [7, 11) is 0. The number of hydrogen-bond donors (Lipinski definition) is 4. The van der Waals surface area contributed by atoms with E-state index in [9.17, 15) is 39.6 Å². The van der Waals surface area contributed by atoms with Crippen LogP contribution in [0.15, 0.2) is 60.8 Å². The van der Waals surface area contributed by atoms with Crippen molar-refractivity contribution in [3.05, 3.63) is 66.5 Å².